The van der Waals surface area contributed by atoms with Crippen molar-refractivity contribution in [3.8, 4) is 0 Å². The number of amides is 1. The van der Waals surface area contributed by atoms with E-state index in [0.717, 1.165) is 10.9 Å². The number of aromatic nitrogens is 1. The van der Waals surface area contributed by atoms with E-state index >= 15 is 0 Å². The fourth-order valence-electron chi connectivity index (χ4n) is 2.08. The van der Waals surface area contributed by atoms with E-state index < -0.39 is 0 Å². The van der Waals surface area contributed by atoms with Gasteiger partial charge in [0.05, 0.1) is 6.61 Å². The van der Waals surface area contributed by atoms with Crippen molar-refractivity contribution < 1.29 is 9.53 Å². The summed E-state index contributed by atoms with van der Waals surface area (Å²) in [5.74, 6) is 0.00199. The molecule has 1 aromatic carbocycles. The molecule has 0 fully saturated rings. The molecule has 1 aromatic heterocycles. The maximum absolute atomic E-state index is 12.6. The second-order valence-electron chi connectivity index (χ2n) is 4.28. The Labute approximate surface area is 112 Å². The molecule has 19 heavy (non-hydrogen) atoms. The van der Waals surface area contributed by atoms with Crippen LogP contribution in [0.3, 0.4) is 0 Å². The zero-order valence-electron chi connectivity index (χ0n) is 11.1. The van der Waals surface area contributed by atoms with E-state index in [1.54, 1.807) is 18.1 Å². The van der Waals surface area contributed by atoms with E-state index in [1.165, 1.54) is 0 Å². The van der Waals surface area contributed by atoms with Gasteiger partial charge in [-0.25, -0.2) is 0 Å². The smallest absolute Gasteiger partial charge is 0.254 e. The van der Waals surface area contributed by atoms with E-state index in [-0.39, 0.29) is 5.91 Å². The number of fused-ring (bicyclic) bond motifs is 1. The summed E-state index contributed by atoms with van der Waals surface area (Å²) < 4.78 is 5.04. The second kappa shape index (κ2) is 6.20. The lowest BCUT2D eigenvalue weighted by Gasteiger charge is -2.21. The monoisotopic (exact) mass is 258 g/mol. The Balaban J connectivity index is 2.29. The summed E-state index contributed by atoms with van der Waals surface area (Å²) in [5, 5.41) is 0.943. The van der Waals surface area contributed by atoms with Crippen LogP contribution in [0.25, 0.3) is 10.9 Å². The summed E-state index contributed by atoms with van der Waals surface area (Å²) in [6.07, 6.45) is 3.57. The standard InChI is InChI=1S/C15H18N2O2/c1-3-9-17(10-11-19-2)15(18)13-5-4-6-14-12(13)7-8-16-14/h3-8,16H,1,9-11H2,2H3. The topological polar surface area (TPSA) is 45.3 Å². The highest BCUT2D eigenvalue weighted by Crippen LogP contribution is 2.19. The Hall–Kier alpha value is -2.07. The summed E-state index contributed by atoms with van der Waals surface area (Å²) in [7, 11) is 1.63. The minimum Gasteiger partial charge on any atom is -0.383 e. The highest BCUT2D eigenvalue weighted by atomic mass is 16.5. The van der Waals surface area contributed by atoms with Crippen LogP contribution in [0.15, 0.2) is 43.1 Å². The molecule has 1 heterocycles. The van der Waals surface area contributed by atoms with Crippen LogP contribution in [0.1, 0.15) is 10.4 Å². The summed E-state index contributed by atoms with van der Waals surface area (Å²) in [4.78, 5) is 17.4. The number of nitrogens with one attached hydrogen (secondary N) is 1. The van der Waals surface area contributed by atoms with Crippen molar-refractivity contribution in [2.45, 2.75) is 0 Å². The van der Waals surface area contributed by atoms with Crippen LogP contribution in [0, 0.1) is 0 Å². The van der Waals surface area contributed by atoms with Gasteiger partial charge in [0.15, 0.2) is 0 Å². The van der Waals surface area contributed by atoms with Gasteiger partial charge in [-0.15, -0.1) is 6.58 Å². The number of hydrogen-bond donors (Lipinski definition) is 1. The molecule has 4 heteroatoms. The molecule has 1 amide bonds. The lowest BCUT2D eigenvalue weighted by atomic mass is 10.1. The zero-order valence-corrected chi connectivity index (χ0v) is 11.1. The van der Waals surface area contributed by atoms with Crippen molar-refractivity contribution in [3.63, 3.8) is 0 Å². The van der Waals surface area contributed by atoms with E-state index in [0.29, 0.717) is 25.3 Å². The van der Waals surface area contributed by atoms with Crippen LogP contribution < -0.4 is 0 Å². The molecule has 2 rings (SSSR count). The number of carbonyl (C=O) groups excluding carboxylic acids is 1. The van der Waals surface area contributed by atoms with Gasteiger partial charge in [0.25, 0.3) is 5.91 Å². The number of nitrogens with zero attached hydrogens (tertiary/aromatic N) is 1. The number of H-pyrrole nitrogens is 1. The zero-order chi connectivity index (χ0) is 13.7. The average molecular weight is 258 g/mol. The van der Waals surface area contributed by atoms with Crippen molar-refractivity contribution >= 4 is 16.8 Å². The third kappa shape index (κ3) is 2.85. The maximum Gasteiger partial charge on any atom is 0.254 e. The number of rotatable bonds is 6. The van der Waals surface area contributed by atoms with E-state index in [2.05, 4.69) is 11.6 Å². The van der Waals surface area contributed by atoms with Crippen LogP contribution in [-0.4, -0.2) is 42.6 Å². The maximum atomic E-state index is 12.6. The van der Waals surface area contributed by atoms with Gasteiger partial charge in [0.2, 0.25) is 0 Å². The van der Waals surface area contributed by atoms with E-state index in [1.807, 2.05) is 30.5 Å². The van der Waals surface area contributed by atoms with Gasteiger partial charge >= 0.3 is 0 Å². The van der Waals surface area contributed by atoms with Crippen LogP contribution in [-0.2, 0) is 4.74 Å². The molecule has 0 unspecified atom stereocenters. The number of methoxy groups -OCH3 is 1. The van der Waals surface area contributed by atoms with Crippen molar-refractivity contribution in [3.05, 3.63) is 48.7 Å². The van der Waals surface area contributed by atoms with Gasteiger partial charge in [-0.3, -0.25) is 4.79 Å². The Morgan fingerprint density at radius 1 is 1.47 bits per heavy atom. The Kier molecular flexibility index (Phi) is 4.36. The molecule has 0 bridgehead atoms. The minimum atomic E-state index is 0.00199. The van der Waals surface area contributed by atoms with Gasteiger partial charge in [-0.05, 0) is 18.2 Å². The molecule has 0 atom stereocenters. The minimum absolute atomic E-state index is 0.00199. The molecular weight excluding hydrogens is 240 g/mol. The van der Waals surface area contributed by atoms with Gasteiger partial charge in [0.1, 0.15) is 0 Å². The predicted molar refractivity (Wildman–Crippen MR) is 76.3 cm³/mol. The molecule has 0 radical (unpaired) electrons. The molecule has 0 saturated carbocycles. The number of carbonyl (C=O) groups is 1. The van der Waals surface area contributed by atoms with Crippen molar-refractivity contribution in [2.24, 2.45) is 0 Å². The SMILES string of the molecule is C=CCN(CCOC)C(=O)c1cccc2[nH]ccc12. The van der Waals surface area contributed by atoms with Crippen LogP contribution in [0.5, 0.6) is 0 Å². The normalized spacial score (nSPS) is 10.6. The Morgan fingerprint density at radius 3 is 3.05 bits per heavy atom. The number of hydrogen-bond acceptors (Lipinski definition) is 2. The molecule has 0 aliphatic rings. The largest absolute Gasteiger partial charge is 0.383 e. The van der Waals surface area contributed by atoms with Gasteiger partial charge in [-0.2, -0.15) is 0 Å². The highest BCUT2D eigenvalue weighted by molar-refractivity contribution is 6.06. The molecule has 0 aliphatic heterocycles. The van der Waals surface area contributed by atoms with Crippen molar-refractivity contribution in [2.75, 3.05) is 26.8 Å². The van der Waals surface area contributed by atoms with E-state index in [4.69, 9.17) is 4.74 Å². The average Bonchev–Trinajstić information content (AvgIpc) is 2.91. The van der Waals surface area contributed by atoms with Gasteiger partial charge in [-0.1, -0.05) is 12.1 Å². The Morgan fingerprint density at radius 2 is 2.32 bits per heavy atom. The fourth-order valence-corrected chi connectivity index (χ4v) is 2.08. The molecule has 100 valence electrons. The summed E-state index contributed by atoms with van der Waals surface area (Å²) in [6.45, 7) is 5.29. The first-order valence-corrected chi connectivity index (χ1v) is 6.23. The molecule has 0 saturated heterocycles. The third-order valence-electron chi connectivity index (χ3n) is 3.03. The quantitative estimate of drug-likeness (QED) is 0.809. The first-order valence-electron chi connectivity index (χ1n) is 6.23. The van der Waals surface area contributed by atoms with Crippen LogP contribution in [0.2, 0.25) is 0 Å². The van der Waals surface area contributed by atoms with Gasteiger partial charge in [0, 0.05) is 42.9 Å². The molecule has 0 spiro atoms. The van der Waals surface area contributed by atoms with Crippen LogP contribution >= 0.6 is 0 Å². The Bertz CT molecular complexity index is 574. The first kappa shape index (κ1) is 13.4. The highest BCUT2D eigenvalue weighted by Gasteiger charge is 2.16. The lowest BCUT2D eigenvalue weighted by molar-refractivity contribution is 0.0720. The first-order chi connectivity index (χ1) is 9.27. The number of ether oxygens (including phenoxy) is 1. The molecule has 1 N–H and O–H groups in total. The van der Waals surface area contributed by atoms with Gasteiger partial charge < -0.3 is 14.6 Å². The molecule has 0 aliphatic carbocycles. The third-order valence-corrected chi connectivity index (χ3v) is 3.03. The fraction of sp³-hybridized carbons (Fsp3) is 0.267. The molecular formula is C15H18N2O2. The van der Waals surface area contributed by atoms with Crippen molar-refractivity contribution in [1.82, 2.24) is 9.88 Å². The van der Waals surface area contributed by atoms with Crippen LogP contribution in [0.4, 0.5) is 0 Å². The summed E-state index contributed by atoms with van der Waals surface area (Å²) >= 11 is 0. The molecule has 4 nitrogen and oxygen atoms in total. The summed E-state index contributed by atoms with van der Waals surface area (Å²) in [6, 6.07) is 7.61. The second-order valence-corrected chi connectivity index (χ2v) is 4.28. The summed E-state index contributed by atoms with van der Waals surface area (Å²) in [5.41, 5.74) is 1.67. The number of benzene rings is 1. The molecule has 2 aromatic rings. The van der Waals surface area contributed by atoms with Crippen molar-refractivity contribution in [1.29, 1.82) is 0 Å². The lowest BCUT2D eigenvalue weighted by Crippen LogP contribution is -2.34. The number of aromatic amines is 1. The van der Waals surface area contributed by atoms with E-state index in [9.17, 15) is 4.79 Å². The predicted octanol–water partition coefficient (Wildman–Crippen LogP) is 2.44.